The highest BCUT2D eigenvalue weighted by Gasteiger charge is 2.15. The number of alkyl halides is 9. The molecule has 122 valence electrons. The molecule has 0 atom stereocenters. The van der Waals surface area contributed by atoms with E-state index in [2.05, 4.69) is 0 Å². The largest absolute Gasteiger partial charge is 0.351 e. The van der Waals surface area contributed by atoms with Crippen molar-refractivity contribution >= 4 is 39.3 Å². The quantitative estimate of drug-likeness (QED) is 0.280. The molecule has 0 radical (unpaired) electrons. The van der Waals surface area contributed by atoms with Crippen LogP contribution in [0.5, 0.6) is 0 Å². The standard InChI is InChI=1S/3CH3F3Si.H3O3P/c3*2-1(3,4)5;1-4(2)3/h3*5H3;1-3H. The van der Waals surface area contributed by atoms with Crippen molar-refractivity contribution in [3.63, 3.8) is 0 Å². The van der Waals surface area contributed by atoms with Crippen LogP contribution in [0.25, 0.3) is 0 Å². The van der Waals surface area contributed by atoms with Crippen LogP contribution in [0.1, 0.15) is 0 Å². The minimum Gasteiger partial charge on any atom is -0.328 e. The molecule has 19 heavy (non-hydrogen) atoms. The van der Waals surface area contributed by atoms with E-state index in [0.29, 0.717) is 0 Å². The summed E-state index contributed by atoms with van der Waals surface area (Å²) < 4.78 is 93.7. The van der Waals surface area contributed by atoms with Crippen LogP contribution < -0.4 is 0 Å². The SMILES string of the molecule is FC(F)(F)[SiH3].FC(F)(F)[SiH3].FC(F)(F)[SiH3].OP(O)O. The Labute approximate surface area is 112 Å². The first-order valence-electron chi connectivity index (χ1n) is 3.80. The zero-order chi connectivity index (χ0) is 17.1. The maximum absolute atomic E-state index is 10.4. The Kier molecular flexibility index (Phi) is 17.6. The highest BCUT2D eigenvalue weighted by Crippen LogP contribution is 2.11. The Morgan fingerprint density at radius 3 is 0.526 bits per heavy atom. The van der Waals surface area contributed by atoms with Crippen LogP contribution in [0.15, 0.2) is 0 Å². The number of rotatable bonds is 0. The molecule has 0 aliphatic rings. The highest BCUT2D eigenvalue weighted by atomic mass is 31.2. The van der Waals surface area contributed by atoms with Crippen molar-refractivity contribution in [2.24, 2.45) is 0 Å². The van der Waals surface area contributed by atoms with E-state index < -0.39 is 56.7 Å². The van der Waals surface area contributed by atoms with E-state index in [0.717, 1.165) is 0 Å². The van der Waals surface area contributed by atoms with E-state index >= 15 is 0 Å². The Bertz CT molecular complexity index is 143. The lowest BCUT2D eigenvalue weighted by Crippen LogP contribution is -2.03. The van der Waals surface area contributed by atoms with Gasteiger partial charge in [0.25, 0.3) is 0 Å². The summed E-state index contributed by atoms with van der Waals surface area (Å²) in [6.07, 6.45) is 0. The molecule has 3 nitrogen and oxygen atoms in total. The topological polar surface area (TPSA) is 60.7 Å². The van der Waals surface area contributed by atoms with Gasteiger partial charge in [0.2, 0.25) is 0 Å². The van der Waals surface area contributed by atoms with Crippen LogP contribution in [-0.4, -0.2) is 62.8 Å². The van der Waals surface area contributed by atoms with Crippen LogP contribution in [0.4, 0.5) is 39.5 Å². The lowest BCUT2D eigenvalue weighted by molar-refractivity contribution is -0.0438. The summed E-state index contributed by atoms with van der Waals surface area (Å²) >= 11 is 0. The van der Waals surface area contributed by atoms with Crippen molar-refractivity contribution in [2.75, 3.05) is 0 Å². The molecule has 0 amide bonds. The lowest BCUT2D eigenvalue weighted by atomic mass is 11.5. The van der Waals surface area contributed by atoms with E-state index in [-0.39, 0.29) is 0 Å². The van der Waals surface area contributed by atoms with Crippen LogP contribution in [0.2, 0.25) is 0 Å². The molecule has 0 heterocycles. The van der Waals surface area contributed by atoms with Gasteiger partial charge in [0, 0.05) is 0 Å². The lowest BCUT2D eigenvalue weighted by Gasteiger charge is -1.89. The molecular formula is C3H12F9O3PSi3. The molecule has 16 heteroatoms. The Hall–Kier alpha value is 0.331. The highest BCUT2D eigenvalue weighted by molar-refractivity contribution is 7.38. The summed E-state index contributed by atoms with van der Waals surface area (Å²) in [5, 5.41) is 0. The summed E-state index contributed by atoms with van der Waals surface area (Å²) in [5.74, 6) is -11.6. The molecule has 0 fully saturated rings. The third-order valence-electron chi connectivity index (χ3n) is 0. The van der Waals surface area contributed by atoms with Crippen molar-refractivity contribution in [2.45, 2.75) is 17.4 Å². The summed E-state index contributed by atoms with van der Waals surface area (Å²) in [4.78, 5) is 21.7. The minimum atomic E-state index is -3.86. The predicted molar refractivity (Wildman–Crippen MR) is 61.6 cm³/mol. The molecule has 0 aromatic carbocycles. The third-order valence-corrected chi connectivity index (χ3v) is 0. The van der Waals surface area contributed by atoms with Crippen molar-refractivity contribution < 1.29 is 54.2 Å². The number of hydrogen-bond donors (Lipinski definition) is 3. The summed E-state index contributed by atoms with van der Waals surface area (Å²) in [5.41, 5.74) is 0. The van der Waals surface area contributed by atoms with Gasteiger partial charge in [0.15, 0.2) is 0 Å². The first-order valence-corrected chi connectivity index (χ1v) is 8.00. The van der Waals surface area contributed by atoms with Gasteiger partial charge in [-0.2, -0.15) is 39.5 Å². The first kappa shape index (κ1) is 27.6. The molecule has 3 N–H and O–H groups in total. The smallest absolute Gasteiger partial charge is 0.328 e. The van der Waals surface area contributed by atoms with E-state index in [1.54, 1.807) is 0 Å². The molecule has 0 aliphatic carbocycles. The fraction of sp³-hybridized carbons (Fsp3) is 1.00. The molecule has 0 bridgehead atoms. The van der Waals surface area contributed by atoms with Crippen LogP contribution in [-0.2, 0) is 0 Å². The van der Waals surface area contributed by atoms with Crippen LogP contribution in [0.3, 0.4) is 0 Å². The molecule has 0 saturated carbocycles. The Balaban J connectivity index is -0.0000000793. The minimum absolute atomic E-state index is 0.692. The van der Waals surface area contributed by atoms with E-state index in [1.165, 1.54) is 0 Å². The van der Waals surface area contributed by atoms with E-state index in [9.17, 15) is 39.5 Å². The molecule has 0 aliphatic heterocycles. The summed E-state index contributed by atoms with van der Waals surface area (Å²) in [6, 6.07) is 0. The van der Waals surface area contributed by atoms with Gasteiger partial charge >= 0.3 is 26.0 Å². The average Bonchev–Trinajstić information content (AvgIpc) is 1.66. The van der Waals surface area contributed by atoms with Gasteiger partial charge in [-0.3, -0.25) is 0 Å². The van der Waals surface area contributed by atoms with Gasteiger partial charge < -0.3 is 14.7 Å². The molecule has 0 spiro atoms. The molecular weight excluding hydrogens is 370 g/mol. The van der Waals surface area contributed by atoms with Crippen molar-refractivity contribution in [1.82, 2.24) is 0 Å². The second kappa shape index (κ2) is 12.1. The second-order valence-electron chi connectivity index (χ2n) is 2.61. The summed E-state index contributed by atoms with van der Waals surface area (Å²) in [7, 11) is -4.70. The van der Waals surface area contributed by atoms with Crippen molar-refractivity contribution in [3.8, 4) is 0 Å². The fourth-order valence-corrected chi connectivity index (χ4v) is 0. The molecule has 0 aromatic rings. The maximum Gasteiger partial charge on any atom is 0.351 e. The van der Waals surface area contributed by atoms with E-state index in [4.69, 9.17) is 14.7 Å². The summed E-state index contributed by atoms with van der Waals surface area (Å²) in [6.45, 7) is 0. The monoisotopic (exact) mass is 382 g/mol. The Morgan fingerprint density at radius 1 is 0.526 bits per heavy atom. The number of hydrogen-bond acceptors (Lipinski definition) is 3. The Morgan fingerprint density at radius 2 is 0.526 bits per heavy atom. The first-order chi connectivity index (χ1) is 7.73. The molecule has 0 saturated heterocycles. The molecule has 0 rings (SSSR count). The van der Waals surface area contributed by atoms with Gasteiger partial charge in [-0.1, -0.05) is 0 Å². The van der Waals surface area contributed by atoms with Gasteiger partial charge in [-0.15, -0.1) is 0 Å². The van der Waals surface area contributed by atoms with Crippen molar-refractivity contribution in [1.29, 1.82) is 0 Å². The zero-order valence-electron chi connectivity index (χ0n) is 9.69. The third kappa shape index (κ3) is 44700. The number of halogens is 9. The molecule has 0 aromatic heterocycles. The van der Waals surface area contributed by atoms with Gasteiger partial charge in [-0.25, -0.2) is 0 Å². The van der Waals surface area contributed by atoms with E-state index in [1.807, 2.05) is 0 Å². The normalized spacial score (nSPS) is 11.8. The molecule has 0 unspecified atom stereocenters. The van der Waals surface area contributed by atoms with Gasteiger partial charge in [0.1, 0.15) is 30.7 Å². The van der Waals surface area contributed by atoms with Crippen LogP contribution in [0, 0.1) is 0 Å². The van der Waals surface area contributed by atoms with Gasteiger partial charge in [-0.05, 0) is 0 Å². The maximum atomic E-state index is 10.4. The zero-order valence-corrected chi connectivity index (χ0v) is 16.6. The van der Waals surface area contributed by atoms with Crippen LogP contribution >= 0.6 is 8.60 Å². The second-order valence-corrected chi connectivity index (χ2v) is 6.55. The predicted octanol–water partition coefficient (Wildman–Crippen LogP) is -1.20. The van der Waals surface area contributed by atoms with Crippen molar-refractivity contribution in [3.05, 3.63) is 0 Å². The average molecular weight is 382 g/mol. The van der Waals surface area contributed by atoms with Gasteiger partial charge in [0.05, 0.1) is 0 Å². The fourth-order valence-electron chi connectivity index (χ4n) is 0.